The highest BCUT2D eigenvalue weighted by atomic mass is 16.6. The van der Waals surface area contributed by atoms with Crippen molar-refractivity contribution in [1.82, 2.24) is 0 Å². The maximum Gasteiger partial charge on any atom is 0.122 e. The molecule has 0 saturated carbocycles. The van der Waals surface area contributed by atoms with Gasteiger partial charge in [0.1, 0.15) is 191 Å². The van der Waals surface area contributed by atoms with Crippen LogP contribution >= 0.6 is 0 Å². The molecular weight excluding hydrogens is 1490 g/mol. The Bertz CT molecular complexity index is 4600. The van der Waals surface area contributed by atoms with Crippen molar-refractivity contribution in [2.75, 3.05) is 92.5 Å². The zero-order valence-electron chi connectivity index (χ0n) is 65.8. The van der Waals surface area contributed by atoms with Crippen molar-refractivity contribution in [3.05, 3.63) is 358 Å². The maximum absolute atomic E-state index is 10.7. The van der Waals surface area contributed by atoms with Crippen molar-refractivity contribution >= 4 is 0 Å². The summed E-state index contributed by atoms with van der Waals surface area (Å²) in [4.78, 5) is 0. The molecule has 19 heteroatoms. The number of benzene rings is 12. The molecule has 2 aliphatic rings. The van der Waals surface area contributed by atoms with Gasteiger partial charge in [-0.1, -0.05) is 146 Å². The molecular formula is C99H100O19. The predicted molar refractivity (Wildman–Crippen MR) is 450 cm³/mol. The van der Waals surface area contributed by atoms with E-state index in [1.165, 1.54) is 11.1 Å². The molecule has 610 valence electrons. The summed E-state index contributed by atoms with van der Waals surface area (Å²) in [6.45, 7) is 3.54. The smallest absolute Gasteiger partial charge is 0.122 e. The Morgan fingerprint density at radius 1 is 0.178 bits per heavy atom. The van der Waals surface area contributed by atoms with E-state index in [1.807, 2.05) is 267 Å². The number of hydrogen-bond acceptors (Lipinski definition) is 19. The molecule has 0 radical (unpaired) electrons. The van der Waals surface area contributed by atoms with Crippen LogP contribution in [0.1, 0.15) is 66.8 Å². The van der Waals surface area contributed by atoms with Crippen LogP contribution in [0.25, 0.3) is 0 Å². The van der Waals surface area contributed by atoms with Crippen LogP contribution in [0, 0.1) is 0 Å². The van der Waals surface area contributed by atoms with Gasteiger partial charge in [-0.2, -0.15) is 0 Å². The van der Waals surface area contributed by atoms with Crippen molar-refractivity contribution in [1.29, 1.82) is 0 Å². The van der Waals surface area contributed by atoms with Crippen molar-refractivity contribution < 1.29 is 91.8 Å². The second kappa shape index (κ2) is 42.7. The highest BCUT2D eigenvalue weighted by molar-refractivity contribution is 5.41. The van der Waals surface area contributed by atoms with E-state index >= 15 is 0 Å². The van der Waals surface area contributed by atoms with Gasteiger partial charge < -0.3 is 91.8 Å². The quantitative estimate of drug-likeness (QED) is 0.0223. The zero-order valence-corrected chi connectivity index (χ0v) is 65.8. The molecule has 2 saturated heterocycles. The standard InChI is InChI=1S/C99H100O19/c100-81(55-105-86-25-1-69(2-26-86)49-71-5-29-88(30-6-71)107-57-82(101)59-109-90-33-9-73(10-34-90)51-75-13-37-92(38-14-75)111-61-84(103)63-113-94-41-17-77(18-42-94)53-79-21-45-96(46-22-79)115-65-98-67-117-98)56-106-87-27-3-70(4-28-87)50-72-7-31-89(32-8-72)108-58-83(102)60-110-91-35-11-74(12-36-91)52-76-15-39-93(40-16-76)112-62-85(104)64-114-95-43-19-78(20-44-95)54-80-23-47-97(48-24-80)116-66-99-68-118-99/h1-48,81-85,98-104H,49-68H2. The van der Waals surface area contributed by atoms with Gasteiger partial charge in [-0.25, -0.2) is 0 Å². The Balaban J connectivity index is 0.407. The number of hydrogen-bond donors (Lipinski definition) is 5. The summed E-state index contributed by atoms with van der Waals surface area (Å²) in [6.07, 6.45) is 0.695. The summed E-state index contributed by atoms with van der Waals surface area (Å²) < 4.78 is 80.7. The van der Waals surface area contributed by atoms with Crippen molar-refractivity contribution in [3.63, 3.8) is 0 Å². The molecule has 12 aromatic rings. The van der Waals surface area contributed by atoms with E-state index in [2.05, 4.69) is 24.3 Å². The second-order valence-electron chi connectivity index (χ2n) is 29.7. The van der Waals surface area contributed by atoms with Crippen LogP contribution in [0.3, 0.4) is 0 Å². The number of epoxide rings is 2. The van der Waals surface area contributed by atoms with E-state index in [0.29, 0.717) is 96.4 Å². The highest BCUT2D eigenvalue weighted by Gasteiger charge is 2.24. The van der Waals surface area contributed by atoms with Crippen LogP contribution in [0.2, 0.25) is 0 Å². The van der Waals surface area contributed by atoms with E-state index in [-0.39, 0.29) is 78.3 Å². The molecule has 2 aliphatic heterocycles. The number of aliphatic hydroxyl groups excluding tert-OH is 5. The maximum atomic E-state index is 10.7. The van der Waals surface area contributed by atoms with Crippen LogP contribution < -0.4 is 56.8 Å². The van der Waals surface area contributed by atoms with Gasteiger partial charge in [-0.05, 0) is 251 Å². The minimum atomic E-state index is -0.848. The molecule has 19 nitrogen and oxygen atoms in total. The molecule has 12 aromatic carbocycles. The number of rotatable bonds is 48. The topological polar surface area (TPSA) is 237 Å². The lowest BCUT2D eigenvalue weighted by molar-refractivity contribution is 0.0626. The van der Waals surface area contributed by atoms with Gasteiger partial charge in [0.2, 0.25) is 0 Å². The molecule has 0 bridgehead atoms. The first-order valence-corrected chi connectivity index (χ1v) is 40.1. The molecule has 118 heavy (non-hydrogen) atoms. The lowest BCUT2D eigenvalue weighted by Gasteiger charge is -2.15. The fourth-order valence-electron chi connectivity index (χ4n) is 12.7. The van der Waals surface area contributed by atoms with Gasteiger partial charge in [0.05, 0.1) is 13.2 Å². The number of ether oxygens (including phenoxy) is 14. The van der Waals surface area contributed by atoms with Gasteiger partial charge in [0.25, 0.3) is 0 Å². The normalized spacial score (nSPS) is 14.6. The Hall–Kier alpha value is -12.0. The Morgan fingerprint density at radius 2 is 0.280 bits per heavy atom. The molecule has 2 fully saturated rings. The van der Waals surface area contributed by atoms with E-state index < -0.39 is 30.5 Å². The average Bonchev–Trinajstić information content (AvgIpc) is 1.14. The van der Waals surface area contributed by atoms with Gasteiger partial charge in [0.15, 0.2) is 0 Å². The third-order valence-electron chi connectivity index (χ3n) is 19.6. The fraction of sp³-hybridized carbons (Fsp3) is 0.273. The zero-order chi connectivity index (χ0) is 80.9. The second-order valence-corrected chi connectivity index (χ2v) is 29.7. The third kappa shape index (κ3) is 28.1. The monoisotopic (exact) mass is 1590 g/mol. The molecule has 0 amide bonds. The summed E-state index contributed by atoms with van der Waals surface area (Å²) in [6, 6.07) is 94.4. The molecule has 0 aromatic heterocycles. The van der Waals surface area contributed by atoms with E-state index in [0.717, 1.165) is 93.2 Å². The fourth-order valence-corrected chi connectivity index (χ4v) is 12.7. The first-order chi connectivity index (χ1) is 57.8. The van der Waals surface area contributed by atoms with Gasteiger partial charge in [-0.15, -0.1) is 0 Å². The molecule has 0 aliphatic carbocycles. The van der Waals surface area contributed by atoms with Crippen molar-refractivity contribution in [2.24, 2.45) is 0 Å². The van der Waals surface area contributed by atoms with Crippen LogP contribution in [0.4, 0.5) is 0 Å². The molecule has 2 heterocycles. The van der Waals surface area contributed by atoms with Gasteiger partial charge >= 0.3 is 0 Å². The largest absolute Gasteiger partial charge is 0.491 e. The minimum absolute atomic E-state index is 0.0660. The van der Waals surface area contributed by atoms with Crippen molar-refractivity contribution in [2.45, 2.75) is 81.3 Å². The average molecular weight is 1590 g/mol. The summed E-state index contributed by atoms with van der Waals surface area (Å²) in [5.41, 5.74) is 13.5. The third-order valence-corrected chi connectivity index (χ3v) is 19.6. The van der Waals surface area contributed by atoms with E-state index in [9.17, 15) is 25.5 Å². The minimum Gasteiger partial charge on any atom is -0.491 e. The molecule has 6 unspecified atom stereocenters. The Kier molecular flexibility index (Phi) is 29.9. The van der Waals surface area contributed by atoms with Gasteiger partial charge in [0, 0.05) is 0 Å². The summed E-state index contributed by atoms with van der Waals surface area (Å²) >= 11 is 0. The summed E-state index contributed by atoms with van der Waals surface area (Å²) in [7, 11) is 0. The van der Waals surface area contributed by atoms with E-state index in [4.69, 9.17) is 66.3 Å². The lowest BCUT2D eigenvalue weighted by atomic mass is 10.0. The summed E-state index contributed by atoms with van der Waals surface area (Å²) in [5, 5.41) is 53.3. The van der Waals surface area contributed by atoms with Gasteiger partial charge in [-0.3, -0.25) is 0 Å². The Morgan fingerprint density at radius 3 is 0.381 bits per heavy atom. The van der Waals surface area contributed by atoms with E-state index in [1.54, 1.807) is 0 Å². The molecule has 14 rings (SSSR count). The van der Waals surface area contributed by atoms with Crippen LogP contribution in [0.15, 0.2) is 291 Å². The SMILES string of the molecule is OC(COc1ccc(Cc2ccc(OCC(O)COc3ccc(Cc4ccc(OCC(O)COc5ccc(Cc6ccc(OCC7CO7)cc6)cc5)cc4)cc3)cc2)cc1)COc1ccc(Cc2ccc(OCC(O)COc3ccc(Cc4ccc(OCC(O)COc5ccc(Cc6ccc(OCC7CO7)cc6)cc5)cc4)cc3)cc2)cc1. The van der Waals surface area contributed by atoms with Crippen LogP contribution in [0.5, 0.6) is 69.0 Å². The molecule has 6 atom stereocenters. The Labute approximate surface area is 688 Å². The molecule has 5 N–H and O–H groups in total. The summed E-state index contributed by atoms with van der Waals surface area (Å²) in [5.74, 6) is 8.23. The lowest BCUT2D eigenvalue weighted by Crippen LogP contribution is -2.25. The molecule has 0 spiro atoms. The first kappa shape index (κ1) is 82.5. The van der Waals surface area contributed by atoms with Crippen molar-refractivity contribution in [3.8, 4) is 69.0 Å². The number of aliphatic hydroxyl groups is 5. The van der Waals surface area contributed by atoms with Crippen LogP contribution in [-0.4, -0.2) is 161 Å². The predicted octanol–water partition coefficient (Wildman–Crippen LogP) is 14.9. The highest BCUT2D eigenvalue weighted by Crippen LogP contribution is 2.28. The van der Waals surface area contributed by atoms with Crippen LogP contribution in [-0.2, 0) is 48.0 Å². The first-order valence-electron chi connectivity index (χ1n) is 40.1.